The maximum absolute atomic E-state index is 11.3. The number of ether oxygens (including phenoxy) is 1. The topological polar surface area (TPSA) is 84.6 Å². The zero-order valence-electron chi connectivity index (χ0n) is 11.0. The van der Waals surface area contributed by atoms with Crippen LogP contribution in [0.4, 0.5) is 17.1 Å². The molecule has 0 atom stereocenters. The fourth-order valence-electron chi connectivity index (χ4n) is 1.80. The quantitative estimate of drug-likeness (QED) is 0.650. The molecule has 0 saturated heterocycles. The highest BCUT2D eigenvalue weighted by molar-refractivity contribution is 9.11. The average Bonchev–Trinajstić information content (AvgIpc) is 2.43. The van der Waals surface area contributed by atoms with Gasteiger partial charge < -0.3 is 20.9 Å². The van der Waals surface area contributed by atoms with E-state index in [0.29, 0.717) is 22.8 Å². The van der Waals surface area contributed by atoms with Crippen molar-refractivity contribution in [1.82, 2.24) is 0 Å². The van der Waals surface area contributed by atoms with E-state index in [1.54, 1.807) is 31.4 Å². The number of hydrogen-bond acceptors (Lipinski definition) is 4. The van der Waals surface area contributed by atoms with E-state index < -0.39 is 5.97 Å². The molecule has 7 heteroatoms. The number of aromatic carboxylic acids is 1. The average molecular weight is 416 g/mol. The summed E-state index contributed by atoms with van der Waals surface area (Å²) in [6.07, 6.45) is 0. The molecule has 0 unspecified atom stereocenters. The Morgan fingerprint density at radius 1 is 1.29 bits per heavy atom. The maximum atomic E-state index is 11.3. The van der Waals surface area contributed by atoms with Crippen LogP contribution in [-0.4, -0.2) is 18.2 Å². The highest BCUT2D eigenvalue weighted by Gasteiger charge is 2.15. The van der Waals surface area contributed by atoms with Gasteiger partial charge in [-0.25, -0.2) is 4.79 Å². The van der Waals surface area contributed by atoms with Crippen molar-refractivity contribution in [2.75, 3.05) is 18.2 Å². The fourth-order valence-corrected chi connectivity index (χ4v) is 3.06. The minimum Gasteiger partial charge on any atom is -0.495 e. The van der Waals surface area contributed by atoms with Gasteiger partial charge in [-0.1, -0.05) is 6.07 Å². The van der Waals surface area contributed by atoms with Gasteiger partial charge in [0, 0.05) is 10.5 Å². The van der Waals surface area contributed by atoms with Crippen molar-refractivity contribution in [2.24, 2.45) is 0 Å². The lowest BCUT2D eigenvalue weighted by Gasteiger charge is -2.15. The van der Waals surface area contributed by atoms with E-state index in [1.165, 1.54) is 6.07 Å². The second kappa shape index (κ2) is 6.36. The Kier molecular flexibility index (Phi) is 4.74. The molecule has 0 radical (unpaired) electrons. The highest BCUT2D eigenvalue weighted by Crippen LogP contribution is 2.37. The van der Waals surface area contributed by atoms with Crippen LogP contribution in [0.3, 0.4) is 0 Å². The summed E-state index contributed by atoms with van der Waals surface area (Å²) in [5.41, 5.74) is 7.32. The molecule has 0 amide bonds. The Morgan fingerprint density at radius 2 is 2.00 bits per heavy atom. The second-order valence-corrected chi connectivity index (χ2v) is 5.88. The molecule has 0 aliphatic heterocycles. The monoisotopic (exact) mass is 414 g/mol. The third-order valence-electron chi connectivity index (χ3n) is 2.83. The van der Waals surface area contributed by atoms with Crippen LogP contribution in [-0.2, 0) is 0 Å². The zero-order chi connectivity index (χ0) is 15.6. The van der Waals surface area contributed by atoms with Gasteiger partial charge in [-0.15, -0.1) is 0 Å². The molecule has 110 valence electrons. The number of nitrogens with two attached hydrogens (primary N) is 1. The lowest BCUT2D eigenvalue weighted by Crippen LogP contribution is -2.06. The number of carboxylic acid groups (broad SMARTS) is 1. The summed E-state index contributed by atoms with van der Waals surface area (Å²) < 4.78 is 6.76. The predicted octanol–water partition coefficient (Wildman–Crippen LogP) is 4.24. The molecular weight excluding hydrogens is 404 g/mol. The molecule has 0 aliphatic rings. The van der Waals surface area contributed by atoms with Gasteiger partial charge in [0.15, 0.2) is 0 Å². The Balaban J connectivity index is 2.50. The van der Waals surface area contributed by atoms with Gasteiger partial charge >= 0.3 is 5.97 Å². The first-order valence-electron chi connectivity index (χ1n) is 5.86. The number of nitrogens with one attached hydrogen (secondary N) is 1. The van der Waals surface area contributed by atoms with Crippen LogP contribution in [0.25, 0.3) is 0 Å². The van der Waals surface area contributed by atoms with Crippen LogP contribution in [0, 0.1) is 0 Å². The SMILES string of the molecule is COc1cc(Nc2c(N)cccc2C(=O)O)c(Br)cc1Br. The molecule has 0 saturated carbocycles. The molecular formula is C14H12Br2N2O3. The number of rotatable bonds is 4. The smallest absolute Gasteiger partial charge is 0.337 e. The van der Waals surface area contributed by atoms with Crippen molar-refractivity contribution in [3.63, 3.8) is 0 Å². The number of nitrogen functional groups attached to an aromatic ring is 1. The number of anilines is 3. The third-order valence-corrected chi connectivity index (χ3v) is 4.10. The van der Waals surface area contributed by atoms with Crippen molar-refractivity contribution in [3.8, 4) is 5.75 Å². The van der Waals surface area contributed by atoms with Crippen LogP contribution in [0.2, 0.25) is 0 Å². The number of benzene rings is 2. The molecule has 0 aromatic heterocycles. The standard InChI is InChI=1S/C14H12Br2N2O3/c1-21-12-6-11(8(15)5-9(12)16)18-13-7(14(19)20)3-2-4-10(13)17/h2-6,18H,17H2,1H3,(H,19,20). The summed E-state index contributed by atoms with van der Waals surface area (Å²) in [6.45, 7) is 0. The van der Waals surface area contributed by atoms with E-state index >= 15 is 0 Å². The predicted molar refractivity (Wildman–Crippen MR) is 89.5 cm³/mol. The number of methoxy groups -OCH3 is 1. The highest BCUT2D eigenvalue weighted by atomic mass is 79.9. The van der Waals surface area contributed by atoms with Crippen LogP contribution in [0.5, 0.6) is 5.75 Å². The molecule has 0 spiro atoms. The summed E-state index contributed by atoms with van der Waals surface area (Å²) in [7, 11) is 1.55. The minimum atomic E-state index is -1.05. The van der Waals surface area contributed by atoms with Gasteiger partial charge in [0.1, 0.15) is 5.75 Å². The van der Waals surface area contributed by atoms with E-state index in [2.05, 4.69) is 37.2 Å². The van der Waals surface area contributed by atoms with E-state index in [-0.39, 0.29) is 5.56 Å². The number of hydrogen-bond donors (Lipinski definition) is 3. The second-order valence-electron chi connectivity index (χ2n) is 4.17. The van der Waals surface area contributed by atoms with E-state index in [0.717, 1.165) is 8.95 Å². The van der Waals surface area contributed by atoms with Crippen molar-refractivity contribution in [1.29, 1.82) is 0 Å². The number of carbonyl (C=O) groups is 1. The van der Waals surface area contributed by atoms with Crippen LogP contribution in [0.15, 0.2) is 39.3 Å². The summed E-state index contributed by atoms with van der Waals surface area (Å²) in [5, 5.41) is 12.3. The lowest BCUT2D eigenvalue weighted by molar-refractivity contribution is 0.0698. The van der Waals surface area contributed by atoms with E-state index in [4.69, 9.17) is 10.5 Å². The molecule has 4 N–H and O–H groups in total. The first-order chi connectivity index (χ1) is 9.93. The molecule has 0 bridgehead atoms. The molecule has 2 rings (SSSR count). The molecule has 0 heterocycles. The van der Waals surface area contributed by atoms with Crippen molar-refractivity contribution >= 4 is 54.9 Å². The van der Waals surface area contributed by atoms with Gasteiger partial charge in [-0.3, -0.25) is 0 Å². The van der Waals surface area contributed by atoms with E-state index in [9.17, 15) is 9.90 Å². The van der Waals surface area contributed by atoms with Gasteiger partial charge in [0.05, 0.1) is 34.2 Å². The van der Waals surface area contributed by atoms with Crippen molar-refractivity contribution in [2.45, 2.75) is 0 Å². The van der Waals surface area contributed by atoms with Gasteiger partial charge in [0.2, 0.25) is 0 Å². The Morgan fingerprint density at radius 3 is 2.62 bits per heavy atom. The molecule has 0 aliphatic carbocycles. The molecule has 21 heavy (non-hydrogen) atoms. The first kappa shape index (κ1) is 15.7. The first-order valence-corrected chi connectivity index (χ1v) is 7.44. The fraction of sp³-hybridized carbons (Fsp3) is 0.0714. The van der Waals surface area contributed by atoms with Gasteiger partial charge in [-0.2, -0.15) is 0 Å². The van der Waals surface area contributed by atoms with Gasteiger partial charge in [0.25, 0.3) is 0 Å². The normalized spacial score (nSPS) is 10.2. The van der Waals surface area contributed by atoms with Crippen molar-refractivity contribution < 1.29 is 14.6 Å². The summed E-state index contributed by atoms with van der Waals surface area (Å²) >= 11 is 6.80. The molecule has 2 aromatic rings. The summed E-state index contributed by atoms with van der Waals surface area (Å²) in [6, 6.07) is 8.28. The summed E-state index contributed by atoms with van der Waals surface area (Å²) in [4.78, 5) is 11.3. The number of para-hydroxylation sites is 1. The van der Waals surface area contributed by atoms with Crippen LogP contribution in [0.1, 0.15) is 10.4 Å². The zero-order valence-corrected chi connectivity index (χ0v) is 14.2. The number of halogens is 2. The van der Waals surface area contributed by atoms with E-state index in [1.807, 2.05) is 0 Å². The van der Waals surface area contributed by atoms with Gasteiger partial charge in [-0.05, 0) is 50.1 Å². The Hall–Kier alpha value is -1.73. The number of carboxylic acids is 1. The van der Waals surface area contributed by atoms with Crippen LogP contribution < -0.4 is 15.8 Å². The maximum Gasteiger partial charge on any atom is 0.337 e. The Bertz CT molecular complexity index is 705. The molecule has 0 fully saturated rings. The largest absolute Gasteiger partial charge is 0.495 e. The molecule has 2 aromatic carbocycles. The lowest BCUT2D eigenvalue weighted by atomic mass is 10.1. The van der Waals surface area contributed by atoms with Crippen LogP contribution >= 0.6 is 31.9 Å². The minimum absolute atomic E-state index is 0.101. The Labute approximate surface area is 138 Å². The van der Waals surface area contributed by atoms with Crippen molar-refractivity contribution in [3.05, 3.63) is 44.8 Å². The third kappa shape index (κ3) is 3.30. The summed E-state index contributed by atoms with van der Waals surface area (Å²) in [5.74, 6) is -0.433. The molecule has 5 nitrogen and oxygen atoms in total.